The minimum absolute atomic E-state index is 0.183. The summed E-state index contributed by atoms with van der Waals surface area (Å²) in [4.78, 5) is 0. The zero-order chi connectivity index (χ0) is 12.6. The van der Waals surface area contributed by atoms with Crippen molar-refractivity contribution in [3.8, 4) is 0 Å². The quantitative estimate of drug-likeness (QED) is 0.834. The van der Waals surface area contributed by atoms with Crippen LogP contribution in [0.4, 0.5) is 5.69 Å². The summed E-state index contributed by atoms with van der Waals surface area (Å²) < 4.78 is 0. The molecule has 92 valence electrons. The first-order valence-corrected chi connectivity index (χ1v) is 6.61. The Morgan fingerprint density at radius 1 is 0.889 bits per heavy atom. The Bertz CT molecular complexity index is 553. The Kier molecular flexibility index (Phi) is 2.62. The number of hydrogen-bond donors (Lipinski definition) is 1. The van der Waals surface area contributed by atoms with Gasteiger partial charge in [-0.05, 0) is 55.5 Å². The molecule has 0 unspecified atom stereocenters. The Balaban J connectivity index is 1.86. The van der Waals surface area contributed by atoms with E-state index in [0.29, 0.717) is 0 Å². The van der Waals surface area contributed by atoms with Crippen LogP contribution >= 0.6 is 0 Å². The van der Waals surface area contributed by atoms with Crippen LogP contribution in [0.2, 0.25) is 0 Å². The van der Waals surface area contributed by atoms with Gasteiger partial charge in [-0.15, -0.1) is 0 Å². The van der Waals surface area contributed by atoms with E-state index in [1.54, 1.807) is 0 Å². The van der Waals surface area contributed by atoms with Gasteiger partial charge < -0.3 is 5.32 Å². The maximum Gasteiger partial charge on any atom is 0.0627 e. The van der Waals surface area contributed by atoms with E-state index in [2.05, 4.69) is 67.7 Å². The molecule has 1 saturated carbocycles. The van der Waals surface area contributed by atoms with Crippen molar-refractivity contribution >= 4 is 5.69 Å². The smallest absolute Gasteiger partial charge is 0.0627 e. The molecule has 0 aromatic heterocycles. The van der Waals surface area contributed by atoms with Crippen molar-refractivity contribution in [3.05, 3.63) is 65.2 Å². The second-order valence-corrected chi connectivity index (χ2v) is 5.37. The molecule has 0 atom stereocenters. The normalized spacial score (nSPS) is 16.3. The van der Waals surface area contributed by atoms with Crippen LogP contribution in [0.25, 0.3) is 0 Å². The third-order valence-corrected chi connectivity index (χ3v) is 3.97. The van der Waals surface area contributed by atoms with E-state index in [0.717, 1.165) is 0 Å². The third kappa shape index (κ3) is 2.01. The molecule has 1 aliphatic rings. The van der Waals surface area contributed by atoms with Crippen LogP contribution in [0.15, 0.2) is 48.5 Å². The highest BCUT2D eigenvalue weighted by atomic mass is 15.0. The zero-order valence-corrected chi connectivity index (χ0v) is 11.0. The van der Waals surface area contributed by atoms with Gasteiger partial charge in [0.15, 0.2) is 0 Å². The molecule has 0 aliphatic heterocycles. The van der Waals surface area contributed by atoms with Crippen molar-refractivity contribution in [1.29, 1.82) is 0 Å². The van der Waals surface area contributed by atoms with Crippen molar-refractivity contribution in [2.45, 2.75) is 32.2 Å². The lowest BCUT2D eigenvalue weighted by molar-refractivity contribution is 0.808. The van der Waals surface area contributed by atoms with E-state index in [4.69, 9.17) is 0 Å². The summed E-state index contributed by atoms with van der Waals surface area (Å²) in [6.45, 7) is 4.33. The molecule has 0 spiro atoms. The first-order valence-electron chi connectivity index (χ1n) is 6.61. The fourth-order valence-corrected chi connectivity index (χ4v) is 2.46. The van der Waals surface area contributed by atoms with Gasteiger partial charge in [0.25, 0.3) is 0 Å². The number of aryl methyl sites for hydroxylation is 2. The Labute approximate surface area is 109 Å². The Hall–Kier alpha value is -1.76. The third-order valence-electron chi connectivity index (χ3n) is 3.97. The molecule has 1 N–H and O–H groups in total. The summed E-state index contributed by atoms with van der Waals surface area (Å²) in [5.41, 5.74) is 5.53. The molecule has 2 aromatic rings. The topological polar surface area (TPSA) is 12.0 Å². The second kappa shape index (κ2) is 4.16. The summed E-state index contributed by atoms with van der Waals surface area (Å²) in [5, 5.41) is 3.71. The Morgan fingerprint density at radius 3 is 2.22 bits per heavy atom. The van der Waals surface area contributed by atoms with Crippen molar-refractivity contribution in [2.75, 3.05) is 5.32 Å². The zero-order valence-electron chi connectivity index (χ0n) is 11.0. The van der Waals surface area contributed by atoms with E-state index in [1.807, 2.05) is 0 Å². The molecule has 1 nitrogen and oxygen atoms in total. The average molecular weight is 237 g/mol. The van der Waals surface area contributed by atoms with Gasteiger partial charge in [0.1, 0.15) is 0 Å². The molecule has 1 aliphatic carbocycles. The molecule has 0 radical (unpaired) electrons. The fourth-order valence-electron chi connectivity index (χ4n) is 2.46. The highest BCUT2D eigenvalue weighted by Gasteiger charge is 2.44. The standard InChI is InChI=1S/C17H19N/c1-13-8-9-16(12-14(13)2)18-17(10-11-17)15-6-4-3-5-7-15/h3-9,12,18H,10-11H2,1-2H3. The molecule has 0 saturated heterocycles. The molecule has 1 fully saturated rings. The summed E-state index contributed by atoms with van der Waals surface area (Å²) >= 11 is 0. The number of anilines is 1. The van der Waals surface area contributed by atoms with Crippen LogP contribution < -0.4 is 5.32 Å². The molecular weight excluding hydrogens is 218 g/mol. The monoisotopic (exact) mass is 237 g/mol. The molecule has 2 aromatic carbocycles. The van der Waals surface area contributed by atoms with Crippen molar-refractivity contribution in [3.63, 3.8) is 0 Å². The van der Waals surface area contributed by atoms with E-state index in [-0.39, 0.29) is 5.54 Å². The summed E-state index contributed by atoms with van der Waals surface area (Å²) in [7, 11) is 0. The van der Waals surface area contributed by atoms with Crippen LogP contribution in [-0.2, 0) is 5.54 Å². The molecule has 18 heavy (non-hydrogen) atoms. The SMILES string of the molecule is Cc1ccc(NC2(c3ccccc3)CC2)cc1C. The van der Waals surface area contributed by atoms with Crippen molar-refractivity contribution in [2.24, 2.45) is 0 Å². The summed E-state index contributed by atoms with van der Waals surface area (Å²) in [6, 6.07) is 17.4. The van der Waals surface area contributed by atoms with Crippen LogP contribution in [0.1, 0.15) is 29.5 Å². The van der Waals surface area contributed by atoms with Gasteiger partial charge in [-0.1, -0.05) is 36.4 Å². The highest BCUT2D eigenvalue weighted by molar-refractivity contribution is 5.53. The Morgan fingerprint density at radius 2 is 1.61 bits per heavy atom. The maximum absolute atomic E-state index is 3.71. The summed E-state index contributed by atoms with van der Waals surface area (Å²) in [5.74, 6) is 0. The summed E-state index contributed by atoms with van der Waals surface area (Å²) in [6.07, 6.45) is 2.45. The van der Waals surface area contributed by atoms with Crippen LogP contribution in [0.3, 0.4) is 0 Å². The predicted octanol–water partition coefficient (Wildman–Crippen LogP) is 4.40. The molecule has 3 rings (SSSR count). The van der Waals surface area contributed by atoms with Gasteiger partial charge in [0.2, 0.25) is 0 Å². The van der Waals surface area contributed by atoms with Gasteiger partial charge in [0, 0.05) is 5.69 Å². The molecule has 1 heteroatoms. The number of nitrogens with one attached hydrogen (secondary N) is 1. The minimum Gasteiger partial charge on any atom is -0.376 e. The second-order valence-electron chi connectivity index (χ2n) is 5.37. The first kappa shape index (κ1) is 11.3. The van der Waals surface area contributed by atoms with Gasteiger partial charge in [0.05, 0.1) is 5.54 Å². The van der Waals surface area contributed by atoms with Gasteiger partial charge in [-0.25, -0.2) is 0 Å². The predicted molar refractivity (Wildman–Crippen MR) is 76.9 cm³/mol. The molecular formula is C17H19N. The van der Waals surface area contributed by atoms with Crippen LogP contribution in [-0.4, -0.2) is 0 Å². The maximum atomic E-state index is 3.71. The minimum atomic E-state index is 0.183. The molecule has 0 amide bonds. The van der Waals surface area contributed by atoms with Gasteiger partial charge >= 0.3 is 0 Å². The van der Waals surface area contributed by atoms with Crippen molar-refractivity contribution < 1.29 is 0 Å². The molecule has 0 bridgehead atoms. The molecule has 0 heterocycles. The van der Waals surface area contributed by atoms with E-state index >= 15 is 0 Å². The highest BCUT2D eigenvalue weighted by Crippen LogP contribution is 2.48. The largest absolute Gasteiger partial charge is 0.376 e. The van der Waals surface area contributed by atoms with E-state index in [9.17, 15) is 0 Å². The lowest BCUT2D eigenvalue weighted by atomic mass is 10.0. The van der Waals surface area contributed by atoms with Gasteiger partial charge in [-0.3, -0.25) is 0 Å². The number of hydrogen-bond acceptors (Lipinski definition) is 1. The number of rotatable bonds is 3. The lowest BCUT2D eigenvalue weighted by Crippen LogP contribution is -2.18. The van der Waals surface area contributed by atoms with Gasteiger partial charge in [-0.2, -0.15) is 0 Å². The lowest BCUT2D eigenvalue weighted by Gasteiger charge is -2.20. The van der Waals surface area contributed by atoms with Crippen molar-refractivity contribution in [1.82, 2.24) is 0 Å². The first-order chi connectivity index (χ1) is 8.70. The van der Waals surface area contributed by atoms with E-state index < -0.39 is 0 Å². The van der Waals surface area contributed by atoms with Crippen LogP contribution in [0, 0.1) is 13.8 Å². The van der Waals surface area contributed by atoms with Crippen LogP contribution in [0.5, 0.6) is 0 Å². The average Bonchev–Trinajstić information content (AvgIpc) is 3.16. The fraction of sp³-hybridized carbons (Fsp3) is 0.294. The van der Waals surface area contributed by atoms with E-state index in [1.165, 1.54) is 35.2 Å². The number of benzene rings is 2.